The number of amides is 2. The number of para-hydroxylation sites is 1. The number of nitrogens with one attached hydrogen (secondary N) is 3. The molecular weight excluding hydrogens is 382 g/mol. The van der Waals surface area contributed by atoms with Crippen LogP contribution in [0.25, 0.3) is 0 Å². The molecule has 0 fully saturated rings. The molecule has 0 atom stereocenters. The minimum atomic E-state index is -0.227. The van der Waals surface area contributed by atoms with Gasteiger partial charge in [0, 0.05) is 16.9 Å². The lowest BCUT2D eigenvalue weighted by Gasteiger charge is -2.12. The number of hydrogen-bond acceptors (Lipinski definition) is 3. The third kappa shape index (κ3) is 5.99. The maximum absolute atomic E-state index is 12.4. The van der Waals surface area contributed by atoms with E-state index in [0.29, 0.717) is 11.3 Å². The van der Waals surface area contributed by atoms with Gasteiger partial charge >= 0.3 is 0 Å². The van der Waals surface area contributed by atoms with Gasteiger partial charge in [0.05, 0.1) is 6.42 Å². The van der Waals surface area contributed by atoms with Crippen molar-refractivity contribution in [1.82, 2.24) is 5.32 Å². The van der Waals surface area contributed by atoms with Gasteiger partial charge < -0.3 is 16.0 Å². The first-order valence-electron chi connectivity index (χ1n) is 9.13. The van der Waals surface area contributed by atoms with E-state index in [2.05, 4.69) is 16.0 Å². The first-order chi connectivity index (χ1) is 14.0. The van der Waals surface area contributed by atoms with Crippen molar-refractivity contribution in [3.05, 3.63) is 95.6 Å². The van der Waals surface area contributed by atoms with E-state index in [0.717, 1.165) is 16.8 Å². The maximum Gasteiger partial charge on any atom is 0.255 e. The largest absolute Gasteiger partial charge is 0.332 e. The first kappa shape index (κ1) is 20.2. The molecule has 0 aliphatic carbocycles. The van der Waals surface area contributed by atoms with Gasteiger partial charge in [-0.15, -0.1) is 0 Å². The number of hydrogen-bond donors (Lipinski definition) is 3. The Balaban J connectivity index is 1.58. The summed E-state index contributed by atoms with van der Waals surface area (Å²) in [7, 11) is 0. The second-order valence-electron chi connectivity index (χ2n) is 6.51. The zero-order valence-electron chi connectivity index (χ0n) is 15.9. The number of carbonyl (C=O) groups is 2. The molecule has 3 N–H and O–H groups in total. The van der Waals surface area contributed by atoms with E-state index in [1.807, 2.05) is 61.5 Å². The van der Waals surface area contributed by atoms with Gasteiger partial charge in [0.1, 0.15) is 0 Å². The second kappa shape index (κ2) is 9.61. The van der Waals surface area contributed by atoms with Crippen molar-refractivity contribution in [3.8, 4) is 0 Å². The summed E-state index contributed by atoms with van der Waals surface area (Å²) in [4.78, 5) is 24.7. The standard InChI is InChI=1S/C23H21N3O2S/c1-16-8-5-6-9-17(16)15-21(27)26-23(29)25-20-13-7-10-18(14-20)22(28)24-19-11-3-2-4-12-19/h2-14H,15H2,1H3,(H,24,28)(H2,25,26,27,29). The van der Waals surface area contributed by atoms with Crippen molar-refractivity contribution < 1.29 is 9.59 Å². The molecule has 5 nitrogen and oxygen atoms in total. The fourth-order valence-corrected chi connectivity index (χ4v) is 3.01. The maximum atomic E-state index is 12.4. The van der Waals surface area contributed by atoms with Crippen LogP contribution in [0.15, 0.2) is 78.9 Å². The molecule has 6 heteroatoms. The Morgan fingerprint density at radius 1 is 0.828 bits per heavy atom. The Labute approximate surface area is 175 Å². The van der Waals surface area contributed by atoms with Crippen LogP contribution < -0.4 is 16.0 Å². The minimum absolute atomic E-state index is 0.184. The van der Waals surface area contributed by atoms with Crippen LogP contribution in [-0.4, -0.2) is 16.9 Å². The first-order valence-corrected chi connectivity index (χ1v) is 9.54. The summed E-state index contributed by atoms with van der Waals surface area (Å²) in [6.45, 7) is 1.96. The summed E-state index contributed by atoms with van der Waals surface area (Å²) in [6.07, 6.45) is 0.244. The Morgan fingerprint density at radius 2 is 1.52 bits per heavy atom. The summed E-state index contributed by atoms with van der Waals surface area (Å²) in [5.74, 6) is -0.427. The van der Waals surface area contributed by atoms with Crippen LogP contribution in [0.3, 0.4) is 0 Å². The lowest BCUT2D eigenvalue weighted by Crippen LogP contribution is -2.35. The summed E-state index contributed by atoms with van der Waals surface area (Å²) in [5, 5.41) is 8.64. The normalized spacial score (nSPS) is 10.1. The molecule has 3 aromatic rings. The topological polar surface area (TPSA) is 70.2 Å². The number of rotatable bonds is 5. The van der Waals surface area contributed by atoms with Crippen molar-refractivity contribution in [1.29, 1.82) is 0 Å². The lowest BCUT2D eigenvalue weighted by atomic mass is 10.1. The Morgan fingerprint density at radius 3 is 2.28 bits per heavy atom. The molecule has 0 aliphatic rings. The number of carbonyl (C=O) groups excluding carboxylic acids is 2. The number of anilines is 2. The van der Waals surface area contributed by atoms with Gasteiger partial charge in [-0.25, -0.2) is 0 Å². The van der Waals surface area contributed by atoms with Crippen LogP contribution in [0, 0.1) is 6.92 Å². The summed E-state index contributed by atoms with van der Waals surface area (Å²) in [6, 6.07) is 23.9. The highest BCUT2D eigenvalue weighted by Gasteiger charge is 2.10. The van der Waals surface area contributed by atoms with Gasteiger partial charge in [0.2, 0.25) is 5.91 Å². The predicted octanol–water partition coefficient (Wildman–Crippen LogP) is 4.30. The van der Waals surface area contributed by atoms with E-state index in [4.69, 9.17) is 12.2 Å². The Hall–Kier alpha value is -3.51. The zero-order valence-corrected chi connectivity index (χ0v) is 16.8. The van der Waals surface area contributed by atoms with E-state index in [-0.39, 0.29) is 23.3 Å². The molecule has 0 saturated heterocycles. The third-order valence-corrected chi connectivity index (χ3v) is 4.48. The van der Waals surface area contributed by atoms with Crippen molar-refractivity contribution >= 4 is 40.5 Å². The molecule has 0 unspecified atom stereocenters. The van der Waals surface area contributed by atoms with E-state index in [9.17, 15) is 9.59 Å². The molecule has 146 valence electrons. The Kier molecular flexibility index (Phi) is 6.71. The van der Waals surface area contributed by atoms with Gasteiger partial charge in [-0.2, -0.15) is 0 Å². The molecule has 0 aromatic heterocycles. The fourth-order valence-electron chi connectivity index (χ4n) is 2.78. The predicted molar refractivity (Wildman–Crippen MR) is 120 cm³/mol. The van der Waals surface area contributed by atoms with Gasteiger partial charge in [0.15, 0.2) is 5.11 Å². The van der Waals surface area contributed by atoms with Crippen molar-refractivity contribution in [2.24, 2.45) is 0 Å². The fraction of sp³-hybridized carbons (Fsp3) is 0.0870. The summed E-state index contributed by atoms with van der Waals surface area (Å²) < 4.78 is 0. The summed E-state index contributed by atoms with van der Waals surface area (Å²) >= 11 is 5.23. The lowest BCUT2D eigenvalue weighted by molar-refractivity contribution is -0.119. The smallest absolute Gasteiger partial charge is 0.255 e. The zero-order chi connectivity index (χ0) is 20.6. The van der Waals surface area contributed by atoms with Crippen LogP contribution in [0.4, 0.5) is 11.4 Å². The quantitative estimate of drug-likeness (QED) is 0.556. The molecule has 0 radical (unpaired) electrons. The van der Waals surface area contributed by atoms with Gasteiger partial charge in [-0.3, -0.25) is 9.59 Å². The van der Waals surface area contributed by atoms with E-state index in [1.54, 1.807) is 24.3 Å². The molecule has 0 heterocycles. The van der Waals surface area contributed by atoms with Crippen LogP contribution in [0.1, 0.15) is 21.5 Å². The minimum Gasteiger partial charge on any atom is -0.332 e. The van der Waals surface area contributed by atoms with Crippen molar-refractivity contribution in [3.63, 3.8) is 0 Å². The highest BCUT2D eigenvalue weighted by Crippen LogP contribution is 2.14. The average molecular weight is 404 g/mol. The van der Waals surface area contributed by atoms with E-state index in [1.165, 1.54) is 0 Å². The molecule has 3 rings (SSSR count). The van der Waals surface area contributed by atoms with Gasteiger partial charge in [0.25, 0.3) is 5.91 Å². The number of thiocarbonyl (C=S) groups is 1. The van der Waals surface area contributed by atoms with Crippen LogP contribution in [0.2, 0.25) is 0 Å². The van der Waals surface area contributed by atoms with Crippen molar-refractivity contribution in [2.75, 3.05) is 10.6 Å². The van der Waals surface area contributed by atoms with E-state index < -0.39 is 0 Å². The molecule has 29 heavy (non-hydrogen) atoms. The second-order valence-corrected chi connectivity index (χ2v) is 6.91. The van der Waals surface area contributed by atoms with Crippen LogP contribution >= 0.6 is 12.2 Å². The molecule has 2 amide bonds. The van der Waals surface area contributed by atoms with Crippen LogP contribution in [-0.2, 0) is 11.2 Å². The molecule has 3 aromatic carbocycles. The monoisotopic (exact) mass is 403 g/mol. The number of benzene rings is 3. The SMILES string of the molecule is Cc1ccccc1CC(=O)NC(=S)Nc1cccc(C(=O)Nc2ccccc2)c1. The van der Waals surface area contributed by atoms with Gasteiger partial charge in [-0.1, -0.05) is 48.5 Å². The third-order valence-electron chi connectivity index (χ3n) is 4.28. The molecule has 0 bridgehead atoms. The highest BCUT2D eigenvalue weighted by atomic mass is 32.1. The van der Waals surface area contributed by atoms with Gasteiger partial charge in [-0.05, 0) is 60.6 Å². The summed E-state index contributed by atoms with van der Waals surface area (Å²) in [5.41, 5.74) is 3.82. The van der Waals surface area contributed by atoms with Crippen molar-refractivity contribution in [2.45, 2.75) is 13.3 Å². The highest BCUT2D eigenvalue weighted by molar-refractivity contribution is 7.80. The molecule has 0 aliphatic heterocycles. The number of aryl methyl sites for hydroxylation is 1. The molecule has 0 saturated carbocycles. The Bertz CT molecular complexity index is 1040. The van der Waals surface area contributed by atoms with E-state index >= 15 is 0 Å². The molecule has 0 spiro atoms. The average Bonchev–Trinajstić information content (AvgIpc) is 2.70. The molecular formula is C23H21N3O2S. The van der Waals surface area contributed by atoms with Crippen LogP contribution in [0.5, 0.6) is 0 Å².